The lowest BCUT2D eigenvalue weighted by Gasteiger charge is -2.22. The molecule has 1 aliphatic rings. The number of aromatic nitrogens is 1. The first kappa shape index (κ1) is 10.1. The highest BCUT2D eigenvalue weighted by Gasteiger charge is 2.27. The van der Waals surface area contributed by atoms with Crippen molar-refractivity contribution in [2.75, 3.05) is 19.7 Å². The summed E-state index contributed by atoms with van der Waals surface area (Å²) in [5.41, 5.74) is 0. The third kappa shape index (κ3) is 1.97. The highest BCUT2D eigenvalue weighted by atomic mass is 32.1. The Hall–Kier alpha value is -0.450. The van der Waals surface area contributed by atoms with Gasteiger partial charge >= 0.3 is 0 Å². The molecule has 1 N–H and O–H groups in total. The van der Waals surface area contributed by atoms with Crippen LogP contribution in [0.4, 0.5) is 0 Å². The predicted molar refractivity (Wildman–Crippen MR) is 57.3 cm³/mol. The molecule has 0 bridgehead atoms. The van der Waals surface area contributed by atoms with Gasteiger partial charge in [-0.25, -0.2) is 4.98 Å². The van der Waals surface area contributed by atoms with Gasteiger partial charge < -0.3 is 5.11 Å². The van der Waals surface area contributed by atoms with Gasteiger partial charge in [-0.3, -0.25) is 4.90 Å². The van der Waals surface area contributed by atoms with Crippen LogP contribution in [0.3, 0.4) is 0 Å². The second-order valence-electron chi connectivity index (χ2n) is 3.88. The topological polar surface area (TPSA) is 36.4 Å². The molecule has 4 heteroatoms. The minimum Gasteiger partial charge on any atom is -0.396 e. The normalized spacial score (nSPS) is 25.4. The average molecular weight is 212 g/mol. The lowest BCUT2D eigenvalue weighted by atomic mass is 10.1. The lowest BCUT2D eigenvalue weighted by Crippen LogP contribution is -2.24. The summed E-state index contributed by atoms with van der Waals surface area (Å²) in [6, 6.07) is 0.409. The average Bonchev–Trinajstić information content (AvgIpc) is 2.88. The molecule has 1 fully saturated rings. The number of aliphatic hydroxyl groups is 1. The summed E-state index contributed by atoms with van der Waals surface area (Å²) in [6.07, 6.45) is 2.97. The van der Waals surface area contributed by atoms with Crippen LogP contribution in [0.25, 0.3) is 0 Å². The van der Waals surface area contributed by atoms with Gasteiger partial charge in [0.15, 0.2) is 0 Å². The molecule has 0 amide bonds. The van der Waals surface area contributed by atoms with Gasteiger partial charge in [0.2, 0.25) is 0 Å². The fraction of sp³-hybridized carbons (Fsp3) is 0.700. The van der Waals surface area contributed by atoms with Gasteiger partial charge in [-0.2, -0.15) is 0 Å². The van der Waals surface area contributed by atoms with Crippen LogP contribution in [-0.2, 0) is 0 Å². The Morgan fingerprint density at radius 1 is 1.79 bits per heavy atom. The van der Waals surface area contributed by atoms with Crippen molar-refractivity contribution in [2.45, 2.75) is 19.4 Å². The fourth-order valence-corrected chi connectivity index (χ4v) is 2.69. The van der Waals surface area contributed by atoms with E-state index in [9.17, 15) is 0 Å². The molecule has 78 valence electrons. The maximum Gasteiger partial charge on any atom is 0.109 e. The van der Waals surface area contributed by atoms with E-state index >= 15 is 0 Å². The van der Waals surface area contributed by atoms with Crippen molar-refractivity contribution in [3.63, 3.8) is 0 Å². The number of rotatable bonds is 3. The molecule has 1 aliphatic heterocycles. The monoisotopic (exact) mass is 212 g/mol. The van der Waals surface area contributed by atoms with Gasteiger partial charge in [0.05, 0.1) is 6.04 Å². The van der Waals surface area contributed by atoms with Crippen LogP contribution in [0, 0.1) is 5.92 Å². The number of hydrogen-bond donors (Lipinski definition) is 1. The first-order chi connectivity index (χ1) is 6.81. The highest BCUT2D eigenvalue weighted by Crippen LogP contribution is 2.27. The number of aliphatic hydroxyl groups excluding tert-OH is 1. The van der Waals surface area contributed by atoms with Crippen LogP contribution in [0.15, 0.2) is 11.6 Å². The van der Waals surface area contributed by atoms with E-state index in [1.54, 1.807) is 11.3 Å². The molecule has 0 spiro atoms. The summed E-state index contributed by atoms with van der Waals surface area (Å²) >= 11 is 1.71. The van der Waals surface area contributed by atoms with Crippen molar-refractivity contribution in [2.24, 2.45) is 5.92 Å². The summed E-state index contributed by atoms with van der Waals surface area (Å²) in [5, 5.41) is 12.3. The summed E-state index contributed by atoms with van der Waals surface area (Å²) in [6.45, 7) is 4.61. The largest absolute Gasteiger partial charge is 0.396 e. The maximum absolute atomic E-state index is 9.06. The number of likely N-dealkylation sites (tertiary alicyclic amines) is 1. The van der Waals surface area contributed by atoms with E-state index in [0.29, 0.717) is 18.6 Å². The van der Waals surface area contributed by atoms with E-state index in [-0.39, 0.29) is 0 Å². The van der Waals surface area contributed by atoms with Crippen LogP contribution >= 0.6 is 11.3 Å². The minimum absolute atomic E-state index is 0.321. The highest BCUT2D eigenvalue weighted by molar-refractivity contribution is 7.09. The predicted octanol–water partition coefficient (Wildman–Crippen LogP) is 1.52. The van der Waals surface area contributed by atoms with E-state index in [0.717, 1.165) is 19.5 Å². The minimum atomic E-state index is 0.321. The molecule has 2 atom stereocenters. The second-order valence-corrected chi connectivity index (χ2v) is 4.80. The van der Waals surface area contributed by atoms with E-state index in [1.165, 1.54) is 5.01 Å². The molecule has 0 aliphatic carbocycles. The Labute approximate surface area is 88.4 Å². The molecule has 0 unspecified atom stereocenters. The molecule has 0 aromatic carbocycles. The molecule has 14 heavy (non-hydrogen) atoms. The Morgan fingerprint density at radius 2 is 2.64 bits per heavy atom. The Morgan fingerprint density at radius 3 is 3.21 bits per heavy atom. The third-order valence-electron chi connectivity index (χ3n) is 2.93. The standard InChI is InChI=1S/C10H16N2OS/c1-8(10-11-3-5-14-10)12-4-2-9(6-12)7-13/h3,5,8-9,13H,2,4,6-7H2,1H3/t8-,9-/m1/s1. The van der Waals surface area contributed by atoms with Crippen LogP contribution in [-0.4, -0.2) is 34.7 Å². The number of thiazole rings is 1. The SMILES string of the molecule is C[C@H](c1nccs1)N1CC[C@@H](CO)C1. The molecule has 3 nitrogen and oxygen atoms in total. The molecule has 1 saturated heterocycles. The van der Waals surface area contributed by atoms with Crippen molar-refractivity contribution in [1.29, 1.82) is 0 Å². The Kier molecular flexibility index (Phi) is 3.15. The molecule has 0 radical (unpaired) electrons. The Bertz CT molecular complexity index is 276. The van der Waals surface area contributed by atoms with Crippen LogP contribution in [0.2, 0.25) is 0 Å². The van der Waals surface area contributed by atoms with Gasteiger partial charge in [0.25, 0.3) is 0 Å². The molecule has 0 saturated carbocycles. The zero-order chi connectivity index (χ0) is 9.97. The lowest BCUT2D eigenvalue weighted by molar-refractivity contribution is 0.204. The first-order valence-corrected chi connectivity index (χ1v) is 5.93. The molecule has 1 aromatic rings. The van der Waals surface area contributed by atoms with Gasteiger partial charge in [-0.1, -0.05) is 0 Å². The van der Waals surface area contributed by atoms with E-state index in [1.807, 2.05) is 11.6 Å². The van der Waals surface area contributed by atoms with E-state index in [4.69, 9.17) is 5.11 Å². The summed E-state index contributed by atoms with van der Waals surface area (Å²) in [5.74, 6) is 0.470. The van der Waals surface area contributed by atoms with Gasteiger partial charge in [-0.05, 0) is 25.8 Å². The van der Waals surface area contributed by atoms with Crippen molar-refractivity contribution in [1.82, 2.24) is 9.88 Å². The summed E-state index contributed by atoms with van der Waals surface area (Å²) < 4.78 is 0. The molecular weight excluding hydrogens is 196 g/mol. The molecule has 2 heterocycles. The molecular formula is C10H16N2OS. The van der Waals surface area contributed by atoms with E-state index < -0.39 is 0 Å². The van der Waals surface area contributed by atoms with Crippen molar-refractivity contribution in [3.05, 3.63) is 16.6 Å². The van der Waals surface area contributed by atoms with Crippen LogP contribution in [0.5, 0.6) is 0 Å². The summed E-state index contributed by atoms with van der Waals surface area (Å²) in [4.78, 5) is 6.73. The smallest absolute Gasteiger partial charge is 0.109 e. The van der Waals surface area contributed by atoms with Crippen molar-refractivity contribution in [3.8, 4) is 0 Å². The zero-order valence-corrected chi connectivity index (χ0v) is 9.20. The first-order valence-electron chi connectivity index (χ1n) is 5.05. The quantitative estimate of drug-likeness (QED) is 0.825. The van der Waals surface area contributed by atoms with Crippen molar-refractivity contribution < 1.29 is 5.11 Å². The van der Waals surface area contributed by atoms with Gasteiger partial charge in [0, 0.05) is 24.7 Å². The fourth-order valence-electron chi connectivity index (χ4n) is 1.96. The Balaban J connectivity index is 1.97. The second kappa shape index (κ2) is 4.38. The third-order valence-corrected chi connectivity index (χ3v) is 3.88. The molecule has 2 rings (SSSR count). The number of hydrogen-bond acceptors (Lipinski definition) is 4. The van der Waals surface area contributed by atoms with Gasteiger partial charge in [0.1, 0.15) is 5.01 Å². The van der Waals surface area contributed by atoms with E-state index in [2.05, 4.69) is 16.8 Å². The van der Waals surface area contributed by atoms with Crippen LogP contribution in [0.1, 0.15) is 24.4 Å². The maximum atomic E-state index is 9.06. The molecule has 1 aromatic heterocycles. The zero-order valence-electron chi connectivity index (χ0n) is 8.39. The van der Waals surface area contributed by atoms with Gasteiger partial charge in [-0.15, -0.1) is 11.3 Å². The van der Waals surface area contributed by atoms with Crippen molar-refractivity contribution >= 4 is 11.3 Å². The summed E-state index contributed by atoms with van der Waals surface area (Å²) in [7, 11) is 0. The number of nitrogens with zero attached hydrogens (tertiary/aromatic N) is 2. The van der Waals surface area contributed by atoms with Crippen LogP contribution < -0.4 is 0 Å².